The highest BCUT2D eigenvalue weighted by atomic mass is 127. The first-order valence-corrected chi connectivity index (χ1v) is 12.6. The van der Waals surface area contributed by atoms with Gasteiger partial charge in [-0.2, -0.15) is 4.39 Å². The fourth-order valence-electron chi connectivity index (χ4n) is 1.46. The van der Waals surface area contributed by atoms with Gasteiger partial charge in [0.15, 0.2) is 0 Å². The Morgan fingerprint density at radius 3 is 2.76 bits per heavy atom. The van der Waals surface area contributed by atoms with Gasteiger partial charge in [0.25, 0.3) is 0 Å². The molecule has 2 aromatic rings. The lowest BCUT2D eigenvalue weighted by Crippen LogP contribution is -2.34. The molecule has 0 unspecified atom stereocenters. The van der Waals surface area contributed by atoms with Crippen LogP contribution in [-0.2, 0) is 0 Å². The minimum absolute atomic E-state index is 0.173. The summed E-state index contributed by atoms with van der Waals surface area (Å²) in [6, 6.07) is 1.66. The Morgan fingerprint density at radius 2 is 2.18 bits per heavy atom. The first-order chi connectivity index (χ1) is 8.00. The zero-order valence-corrected chi connectivity index (χ0v) is 14.1. The van der Waals surface area contributed by atoms with Gasteiger partial charge in [-0.25, -0.2) is 4.98 Å². The van der Waals surface area contributed by atoms with Gasteiger partial charge < -0.3 is 10.0 Å². The average molecular weight is 496 g/mol. The van der Waals surface area contributed by atoms with Gasteiger partial charge in [0.2, 0.25) is 5.95 Å². The predicted molar refractivity (Wildman–Crippen MR) is 87.5 cm³/mol. The number of fused-ring (bicyclic) bond motifs is 1. The lowest BCUT2D eigenvalue weighted by atomic mass is 9.79. The van der Waals surface area contributed by atoms with E-state index in [-0.39, 0.29) is 7.87 Å². The highest BCUT2D eigenvalue weighted by Gasteiger charge is 2.22. The number of nitrogens with zero attached hydrogens (tertiary/aromatic N) is 2. The molecule has 90 valence electrons. The van der Waals surface area contributed by atoms with Gasteiger partial charge in [0.1, 0.15) is 2.41 Å². The highest BCUT2D eigenvalue weighted by Crippen LogP contribution is 2.65. The number of hydrogen-bond acceptors (Lipinski definition) is 4. The first kappa shape index (κ1) is 14.3. The van der Waals surface area contributed by atoms with Crippen LogP contribution in [0, 0.1) is 5.95 Å². The summed E-state index contributed by atoms with van der Waals surface area (Å²) in [5.41, 5.74) is 0.508. The molecule has 10 heteroatoms. The van der Waals surface area contributed by atoms with E-state index in [9.17, 15) is 4.39 Å². The van der Waals surface area contributed by atoms with Crippen molar-refractivity contribution in [2.75, 3.05) is 0 Å². The van der Waals surface area contributed by atoms with E-state index in [0.29, 0.717) is 10.9 Å². The smallest absolute Gasteiger partial charge is 0.423 e. The maximum Gasteiger partial charge on any atom is 0.493 e. The van der Waals surface area contributed by atoms with E-state index in [1.54, 1.807) is 23.8 Å². The van der Waals surface area contributed by atoms with Crippen LogP contribution in [0.4, 0.5) is 4.39 Å². The van der Waals surface area contributed by atoms with Crippen LogP contribution in [0.2, 0.25) is 0 Å². The Balaban J connectivity index is 2.60. The summed E-state index contributed by atoms with van der Waals surface area (Å²) in [5.74, 6) is -0.846. The van der Waals surface area contributed by atoms with Gasteiger partial charge in [-0.1, -0.05) is 0 Å². The molecular formula is C7H5BFI2N2O2PS. The van der Waals surface area contributed by atoms with E-state index in [4.69, 9.17) is 10.0 Å². The quantitative estimate of drug-likeness (QED) is 0.297. The first-order valence-electron chi connectivity index (χ1n) is 4.32. The molecule has 0 aliphatic rings. The number of aromatic nitrogens is 2. The third kappa shape index (κ3) is 3.06. The van der Waals surface area contributed by atoms with Gasteiger partial charge in [0, 0.05) is 28.6 Å². The Bertz CT molecular complexity index is 556. The van der Waals surface area contributed by atoms with Crippen LogP contribution in [-0.4, -0.2) is 26.1 Å². The molecule has 0 fully saturated rings. The summed E-state index contributed by atoms with van der Waals surface area (Å²) in [7, 11) is -1.85. The molecule has 0 radical (unpaired) electrons. The van der Waals surface area contributed by atoms with Crippen molar-refractivity contribution in [1.82, 2.24) is 8.96 Å². The maximum absolute atomic E-state index is 13.4. The van der Waals surface area contributed by atoms with Gasteiger partial charge >= 0.3 is 7.12 Å². The van der Waals surface area contributed by atoms with Crippen molar-refractivity contribution in [2.24, 2.45) is 0 Å². The predicted octanol–water partition coefficient (Wildman–Crippen LogP) is 2.45. The molecule has 4 nitrogen and oxygen atoms in total. The zero-order valence-electron chi connectivity index (χ0n) is 8.09. The highest BCUT2D eigenvalue weighted by molar-refractivity contribution is 14.3. The van der Waals surface area contributed by atoms with E-state index in [1.165, 1.54) is 6.20 Å². The normalized spacial score (nSPS) is 11.4. The number of halogens is 3. The van der Waals surface area contributed by atoms with E-state index in [0.717, 1.165) is 0 Å². The molecule has 2 N–H and O–H groups in total. The molecule has 0 spiro atoms. The largest absolute Gasteiger partial charge is 0.493 e. The molecule has 0 aliphatic carbocycles. The second-order valence-electron chi connectivity index (χ2n) is 3.06. The molecule has 0 atom stereocenters. The summed E-state index contributed by atoms with van der Waals surface area (Å²) in [6.45, 7) is 0. The van der Waals surface area contributed by atoms with Crippen molar-refractivity contribution in [3.8, 4) is 0 Å². The lowest BCUT2D eigenvalue weighted by Gasteiger charge is -2.06. The minimum atomic E-state index is -1.85. The molecule has 0 amide bonds. The molecule has 0 saturated carbocycles. The van der Waals surface area contributed by atoms with Crippen LogP contribution in [0.25, 0.3) is 10.9 Å². The van der Waals surface area contributed by atoms with Crippen LogP contribution in [0.3, 0.4) is 0 Å². The molecule has 0 aliphatic heterocycles. The van der Waals surface area contributed by atoms with E-state index < -0.39 is 13.1 Å². The van der Waals surface area contributed by atoms with Crippen LogP contribution >= 0.6 is 58.1 Å². The molecule has 2 rings (SSSR count). The van der Waals surface area contributed by atoms with Crippen molar-refractivity contribution in [3.05, 3.63) is 24.4 Å². The fourth-order valence-corrected chi connectivity index (χ4v) is 6.19. The van der Waals surface area contributed by atoms with E-state index in [2.05, 4.69) is 49.1 Å². The van der Waals surface area contributed by atoms with Crippen LogP contribution < -0.4 is 5.46 Å². The Kier molecular flexibility index (Phi) is 4.92. The Morgan fingerprint density at radius 1 is 1.47 bits per heavy atom. The van der Waals surface area contributed by atoms with Crippen LogP contribution in [0.15, 0.2) is 18.5 Å². The summed E-state index contributed by atoms with van der Waals surface area (Å²) in [5, 5.41) is 18.8. The van der Waals surface area contributed by atoms with Gasteiger partial charge in [-0.15, -0.1) is 0 Å². The minimum Gasteiger partial charge on any atom is -0.423 e. The van der Waals surface area contributed by atoms with Crippen molar-refractivity contribution >= 4 is 81.5 Å². The van der Waals surface area contributed by atoms with Crippen molar-refractivity contribution in [1.29, 1.82) is 0 Å². The van der Waals surface area contributed by atoms with Crippen molar-refractivity contribution < 1.29 is 14.4 Å². The molecule has 0 saturated heterocycles. The Labute approximate surface area is 128 Å². The van der Waals surface area contributed by atoms with Crippen LogP contribution in [0.5, 0.6) is 0 Å². The average Bonchev–Trinajstić information content (AvgIpc) is 2.59. The monoisotopic (exact) mass is 496 g/mol. The molecule has 2 aromatic heterocycles. The molecule has 0 bridgehead atoms. The molecule has 0 aromatic carbocycles. The van der Waals surface area contributed by atoms with Crippen LogP contribution in [0.1, 0.15) is 0 Å². The zero-order chi connectivity index (χ0) is 12.6. The lowest BCUT2D eigenvalue weighted by molar-refractivity contribution is 0.422. The summed E-state index contributed by atoms with van der Waals surface area (Å²) < 4.78 is 15.0. The van der Waals surface area contributed by atoms with E-state index >= 15 is 0 Å². The third-order valence-corrected chi connectivity index (χ3v) is 6.80. The summed E-state index contributed by atoms with van der Waals surface area (Å²) >= 11 is 6.20. The van der Waals surface area contributed by atoms with Gasteiger partial charge in [-0.3, -0.25) is 3.97 Å². The summed E-state index contributed by atoms with van der Waals surface area (Å²) in [4.78, 5) is 3.55. The van der Waals surface area contributed by atoms with E-state index in [1.807, 2.05) is 3.97 Å². The van der Waals surface area contributed by atoms with Crippen molar-refractivity contribution in [3.63, 3.8) is 0 Å². The molecular weight excluding hydrogens is 491 g/mol. The topological polar surface area (TPSA) is 58.3 Å². The summed E-state index contributed by atoms with van der Waals surface area (Å²) in [6.07, 6.45) is 3.17. The van der Waals surface area contributed by atoms with Crippen molar-refractivity contribution in [2.45, 2.75) is 0 Å². The van der Waals surface area contributed by atoms with Gasteiger partial charge in [-0.05, 0) is 50.1 Å². The second-order valence-corrected chi connectivity index (χ2v) is 20.9. The standard InChI is InChI=1S/C7H5BFI2N2O2PS/c9-7-6(8(14)15)4-1-2-13(17-16(10)11)5(4)3-12-7/h1-3,14-15H. The number of pyridine rings is 1. The third-order valence-electron chi connectivity index (χ3n) is 2.11. The molecule has 17 heavy (non-hydrogen) atoms. The Hall–Kier alpha value is 0.845. The SMILES string of the molecule is OB(O)c1c(F)ncc2c1ccn2SP(I)I. The second kappa shape index (κ2) is 5.87. The molecule has 2 heterocycles. The number of hydrogen-bond donors (Lipinski definition) is 2. The maximum atomic E-state index is 13.4. The fraction of sp³-hybridized carbons (Fsp3) is 0. The number of rotatable bonds is 3. The van der Waals surface area contributed by atoms with Gasteiger partial charge in [0.05, 0.1) is 11.7 Å².